The summed E-state index contributed by atoms with van der Waals surface area (Å²) < 4.78 is 1.48. The maximum atomic E-state index is 11.3. The van der Waals surface area contributed by atoms with Crippen molar-refractivity contribution in [2.75, 3.05) is 0 Å². The molecule has 1 aliphatic carbocycles. The van der Waals surface area contributed by atoms with E-state index in [1.165, 1.54) is 17.0 Å². The molecule has 0 fully saturated rings. The molecule has 1 aromatic heterocycles. The van der Waals surface area contributed by atoms with E-state index >= 15 is 0 Å². The number of allylic oxidation sites excluding steroid dienone is 2. The van der Waals surface area contributed by atoms with E-state index in [0.717, 1.165) is 11.3 Å². The first kappa shape index (κ1) is 14.0. The van der Waals surface area contributed by atoms with Crippen LogP contribution >= 0.6 is 0 Å². The molecule has 1 heterocycles. The lowest BCUT2D eigenvalue weighted by molar-refractivity contribution is -0.104. The summed E-state index contributed by atoms with van der Waals surface area (Å²) >= 11 is 0. The highest BCUT2D eigenvalue weighted by molar-refractivity contribution is 5.91. The van der Waals surface area contributed by atoms with E-state index in [9.17, 15) is 14.7 Å². The second kappa shape index (κ2) is 5.81. The Bertz CT molecular complexity index is 773. The largest absolute Gasteiger partial charge is 0.476 e. The van der Waals surface area contributed by atoms with Gasteiger partial charge in [0.2, 0.25) is 0 Å². The molecule has 5 heteroatoms. The molecule has 0 radical (unpaired) electrons. The van der Waals surface area contributed by atoms with Gasteiger partial charge in [0, 0.05) is 24.1 Å². The van der Waals surface area contributed by atoms with Crippen molar-refractivity contribution in [2.24, 2.45) is 0 Å². The van der Waals surface area contributed by atoms with E-state index in [0.29, 0.717) is 18.3 Å². The second-order valence-electron chi connectivity index (χ2n) is 5.02. The molecule has 110 valence electrons. The van der Waals surface area contributed by atoms with E-state index in [-0.39, 0.29) is 11.6 Å². The number of carbonyl (C=O) groups excluding carboxylic acids is 1. The van der Waals surface area contributed by atoms with Crippen LogP contribution in [-0.2, 0) is 11.2 Å². The number of hydrogen-bond donors (Lipinski definition) is 1. The standard InChI is InChI=1S/C17H14N2O3/c20-10-4-9-19-15-11-13(12-5-2-1-3-6-12)7-8-14(15)16(18-19)17(21)22/h1-10,13H,11H2,(H,21,22). The zero-order valence-corrected chi connectivity index (χ0v) is 11.7. The van der Waals surface area contributed by atoms with E-state index < -0.39 is 5.97 Å². The summed E-state index contributed by atoms with van der Waals surface area (Å²) in [4.78, 5) is 21.8. The zero-order chi connectivity index (χ0) is 15.5. The fourth-order valence-corrected chi connectivity index (χ4v) is 2.68. The fourth-order valence-electron chi connectivity index (χ4n) is 2.68. The van der Waals surface area contributed by atoms with Gasteiger partial charge in [-0.15, -0.1) is 0 Å². The second-order valence-corrected chi connectivity index (χ2v) is 5.02. The molecule has 1 N–H and O–H groups in total. The van der Waals surface area contributed by atoms with Crippen LogP contribution in [0.1, 0.15) is 33.2 Å². The number of aldehydes is 1. The average molecular weight is 294 g/mol. The van der Waals surface area contributed by atoms with Gasteiger partial charge in [-0.3, -0.25) is 4.79 Å². The average Bonchev–Trinajstić information content (AvgIpc) is 2.92. The molecule has 1 unspecified atom stereocenters. The van der Waals surface area contributed by atoms with Gasteiger partial charge in [-0.2, -0.15) is 5.10 Å². The molecule has 1 aromatic carbocycles. The van der Waals surface area contributed by atoms with Crippen LogP contribution in [0.15, 0.2) is 42.5 Å². The lowest BCUT2D eigenvalue weighted by Crippen LogP contribution is -2.09. The summed E-state index contributed by atoms with van der Waals surface area (Å²) in [6, 6.07) is 10.00. The number of carboxylic acids is 1. The van der Waals surface area contributed by atoms with Crippen molar-refractivity contribution >= 4 is 24.5 Å². The normalized spacial score (nSPS) is 16.6. The molecule has 0 amide bonds. The van der Waals surface area contributed by atoms with Gasteiger partial charge >= 0.3 is 5.97 Å². The van der Waals surface area contributed by atoms with E-state index in [2.05, 4.69) is 5.10 Å². The predicted molar refractivity (Wildman–Crippen MR) is 82.5 cm³/mol. The highest BCUT2D eigenvalue weighted by atomic mass is 16.4. The zero-order valence-electron chi connectivity index (χ0n) is 11.7. The molecular weight excluding hydrogens is 280 g/mol. The molecule has 1 atom stereocenters. The van der Waals surface area contributed by atoms with Crippen molar-refractivity contribution in [1.82, 2.24) is 9.78 Å². The first-order valence-corrected chi connectivity index (χ1v) is 6.90. The van der Waals surface area contributed by atoms with Gasteiger partial charge in [-0.05, 0) is 11.6 Å². The summed E-state index contributed by atoms with van der Waals surface area (Å²) in [6.45, 7) is 0. The third kappa shape index (κ3) is 2.48. The van der Waals surface area contributed by atoms with Crippen LogP contribution in [0.4, 0.5) is 0 Å². The number of aromatic nitrogens is 2. The minimum Gasteiger partial charge on any atom is -0.476 e. The Labute approximate surface area is 127 Å². The molecule has 0 aliphatic heterocycles. The molecule has 0 bridgehead atoms. The molecule has 0 spiro atoms. The van der Waals surface area contributed by atoms with Gasteiger partial charge in [0.25, 0.3) is 0 Å². The Morgan fingerprint density at radius 2 is 2.09 bits per heavy atom. The maximum Gasteiger partial charge on any atom is 0.357 e. The molecule has 0 saturated heterocycles. The topological polar surface area (TPSA) is 72.2 Å². The van der Waals surface area contributed by atoms with Gasteiger partial charge < -0.3 is 5.11 Å². The lowest BCUT2D eigenvalue weighted by atomic mass is 9.88. The molecular formula is C17H14N2O3. The summed E-state index contributed by atoms with van der Waals surface area (Å²) in [6.07, 6.45) is 7.87. The van der Waals surface area contributed by atoms with Crippen molar-refractivity contribution in [2.45, 2.75) is 12.3 Å². The van der Waals surface area contributed by atoms with Crippen LogP contribution < -0.4 is 0 Å². The minimum atomic E-state index is -1.07. The number of nitrogens with zero attached hydrogens (tertiary/aromatic N) is 2. The number of hydrogen-bond acceptors (Lipinski definition) is 3. The van der Waals surface area contributed by atoms with Gasteiger partial charge in [0.15, 0.2) is 5.69 Å². The Hall–Kier alpha value is -2.95. The van der Waals surface area contributed by atoms with E-state index in [1.807, 2.05) is 36.4 Å². The van der Waals surface area contributed by atoms with Gasteiger partial charge in [0.1, 0.15) is 6.29 Å². The van der Waals surface area contributed by atoms with Crippen LogP contribution in [0.25, 0.3) is 12.3 Å². The molecule has 2 aromatic rings. The van der Waals surface area contributed by atoms with Crippen molar-refractivity contribution < 1.29 is 14.7 Å². The van der Waals surface area contributed by atoms with E-state index in [1.54, 1.807) is 6.08 Å². The van der Waals surface area contributed by atoms with Crippen molar-refractivity contribution in [3.8, 4) is 0 Å². The number of fused-ring (bicyclic) bond motifs is 1. The van der Waals surface area contributed by atoms with Crippen LogP contribution in [0.5, 0.6) is 0 Å². The molecule has 1 aliphatic rings. The number of aromatic carboxylic acids is 1. The highest BCUT2D eigenvalue weighted by Crippen LogP contribution is 2.31. The third-order valence-corrected chi connectivity index (χ3v) is 3.69. The summed E-state index contributed by atoms with van der Waals surface area (Å²) in [5, 5.41) is 13.3. The van der Waals surface area contributed by atoms with Gasteiger partial charge in [-0.1, -0.05) is 42.5 Å². The predicted octanol–water partition coefficient (Wildman–Crippen LogP) is 2.60. The van der Waals surface area contributed by atoms with Crippen LogP contribution in [0.2, 0.25) is 0 Å². The van der Waals surface area contributed by atoms with Gasteiger partial charge in [0.05, 0.1) is 5.69 Å². The fraction of sp³-hybridized carbons (Fsp3) is 0.118. The van der Waals surface area contributed by atoms with Crippen LogP contribution in [0, 0.1) is 0 Å². The number of rotatable bonds is 4. The van der Waals surface area contributed by atoms with E-state index in [4.69, 9.17) is 0 Å². The lowest BCUT2D eigenvalue weighted by Gasteiger charge is -2.18. The first-order chi connectivity index (χ1) is 10.7. The number of carbonyl (C=O) groups is 2. The van der Waals surface area contributed by atoms with Crippen LogP contribution in [-0.4, -0.2) is 27.1 Å². The minimum absolute atomic E-state index is 0.00770. The smallest absolute Gasteiger partial charge is 0.357 e. The number of benzene rings is 1. The summed E-state index contributed by atoms with van der Waals surface area (Å²) in [7, 11) is 0. The number of carboxylic acid groups (broad SMARTS) is 1. The summed E-state index contributed by atoms with van der Waals surface area (Å²) in [5.74, 6) is -0.909. The molecule has 5 nitrogen and oxygen atoms in total. The maximum absolute atomic E-state index is 11.3. The Kier molecular flexibility index (Phi) is 3.70. The quantitative estimate of drug-likeness (QED) is 0.695. The monoisotopic (exact) mass is 294 g/mol. The SMILES string of the molecule is O=CC=Cn1nc(C(=O)O)c2c1CC(c1ccccc1)C=C2. The Morgan fingerprint density at radius 1 is 1.32 bits per heavy atom. The van der Waals surface area contributed by atoms with Crippen molar-refractivity contribution in [3.05, 3.63) is 65.0 Å². The van der Waals surface area contributed by atoms with Gasteiger partial charge in [-0.25, -0.2) is 9.48 Å². The van der Waals surface area contributed by atoms with Crippen molar-refractivity contribution in [1.29, 1.82) is 0 Å². The summed E-state index contributed by atoms with van der Waals surface area (Å²) in [5.41, 5.74) is 2.57. The Morgan fingerprint density at radius 3 is 2.77 bits per heavy atom. The Balaban J connectivity index is 2.04. The highest BCUT2D eigenvalue weighted by Gasteiger charge is 2.25. The third-order valence-electron chi connectivity index (χ3n) is 3.69. The first-order valence-electron chi connectivity index (χ1n) is 6.90. The molecule has 0 saturated carbocycles. The van der Waals surface area contributed by atoms with Crippen molar-refractivity contribution in [3.63, 3.8) is 0 Å². The van der Waals surface area contributed by atoms with Crippen LogP contribution in [0.3, 0.4) is 0 Å². The molecule has 22 heavy (non-hydrogen) atoms. The molecule has 3 rings (SSSR count).